The van der Waals surface area contributed by atoms with Gasteiger partial charge in [0.25, 0.3) is 10.0 Å². The summed E-state index contributed by atoms with van der Waals surface area (Å²) in [6.45, 7) is 5.73. The highest BCUT2D eigenvalue weighted by Gasteiger charge is 2.37. The van der Waals surface area contributed by atoms with Crippen molar-refractivity contribution in [3.63, 3.8) is 0 Å². The summed E-state index contributed by atoms with van der Waals surface area (Å²) in [4.78, 5) is 9.48. The van der Waals surface area contributed by atoms with E-state index in [0.29, 0.717) is 29.9 Å². The second-order valence-electron chi connectivity index (χ2n) is 10.9. The van der Waals surface area contributed by atoms with Crippen LogP contribution in [0.2, 0.25) is 0 Å². The van der Waals surface area contributed by atoms with Crippen molar-refractivity contribution in [1.82, 2.24) is 19.7 Å². The van der Waals surface area contributed by atoms with E-state index in [2.05, 4.69) is 33.4 Å². The Bertz CT molecular complexity index is 1700. The molecule has 2 aromatic carbocycles. The lowest BCUT2D eigenvalue weighted by atomic mass is 9.91. The Kier molecular flexibility index (Phi) is 8.13. The van der Waals surface area contributed by atoms with Gasteiger partial charge in [-0.15, -0.1) is 13.2 Å². The lowest BCUT2D eigenvalue weighted by Gasteiger charge is -2.18. The van der Waals surface area contributed by atoms with Gasteiger partial charge in [-0.2, -0.15) is 5.10 Å². The molecule has 2 heterocycles. The Morgan fingerprint density at radius 3 is 2.52 bits per heavy atom. The summed E-state index contributed by atoms with van der Waals surface area (Å²) in [5, 5.41) is 4.13. The van der Waals surface area contributed by atoms with Crippen molar-refractivity contribution in [3.8, 4) is 22.5 Å². The molecule has 2 atom stereocenters. The van der Waals surface area contributed by atoms with Crippen molar-refractivity contribution < 1.29 is 26.3 Å². The van der Waals surface area contributed by atoms with Crippen molar-refractivity contribution in [3.05, 3.63) is 77.7 Å². The molecule has 0 aliphatic heterocycles. The van der Waals surface area contributed by atoms with E-state index in [9.17, 15) is 21.6 Å². The Morgan fingerprint density at radius 1 is 1.07 bits per heavy atom. The third-order valence-electron chi connectivity index (χ3n) is 7.42. The minimum absolute atomic E-state index is 0.0390. The van der Waals surface area contributed by atoms with Crippen LogP contribution < -0.4 is 4.72 Å². The summed E-state index contributed by atoms with van der Waals surface area (Å²) >= 11 is 0. The van der Waals surface area contributed by atoms with Crippen LogP contribution >= 0.6 is 0 Å². The molecule has 1 saturated carbocycles. The van der Waals surface area contributed by atoms with Gasteiger partial charge in [0.2, 0.25) is 0 Å². The van der Waals surface area contributed by atoms with Gasteiger partial charge in [0.1, 0.15) is 4.90 Å². The van der Waals surface area contributed by atoms with Crippen LogP contribution in [0.1, 0.15) is 61.8 Å². The molecule has 1 fully saturated rings. The molecule has 0 saturated heterocycles. The average molecular weight is 600 g/mol. The highest BCUT2D eigenvalue weighted by atomic mass is 32.2. The minimum atomic E-state index is -4.66. The Morgan fingerprint density at radius 2 is 1.83 bits per heavy atom. The van der Waals surface area contributed by atoms with Crippen molar-refractivity contribution in [2.24, 2.45) is 7.05 Å². The van der Waals surface area contributed by atoms with Crippen molar-refractivity contribution >= 4 is 15.8 Å². The summed E-state index contributed by atoms with van der Waals surface area (Å²) < 4.78 is 73.0. The van der Waals surface area contributed by atoms with Gasteiger partial charge in [-0.05, 0) is 55.2 Å². The number of alkyl halides is 3. The second kappa shape index (κ2) is 11.5. The zero-order valence-corrected chi connectivity index (χ0v) is 24.5. The van der Waals surface area contributed by atoms with E-state index in [4.69, 9.17) is 4.98 Å². The fraction of sp³-hybridized carbons (Fsp3) is 0.367. The molecular formula is C30H32F3N5O3S. The number of anilines is 1. The van der Waals surface area contributed by atoms with Crippen LogP contribution in [0.3, 0.4) is 0 Å². The van der Waals surface area contributed by atoms with E-state index in [0.717, 1.165) is 22.3 Å². The largest absolute Gasteiger partial charge is 0.522 e. The number of hydrogen-bond donors (Lipinski definition) is 1. The molecular weight excluding hydrogens is 567 g/mol. The quantitative estimate of drug-likeness (QED) is 0.235. The Labute approximate surface area is 243 Å². The van der Waals surface area contributed by atoms with E-state index in [1.807, 2.05) is 48.5 Å². The van der Waals surface area contributed by atoms with Gasteiger partial charge >= 0.3 is 6.36 Å². The molecule has 1 N–H and O–H groups in total. The van der Waals surface area contributed by atoms with E-state index >= 15 is 0 Å². The number of rotatable bonds is 8. The van der Waals surface area contributed by atoms with Crippen molar-refractivity contribution in [1.29, 1.82) is 0 Å². The third-order valence-corrected chi connectivity index (χ3v) is 8.88. The van der Waals surface area contributed by atoms with E-state index in [1.54, 1.807) is 14.0 Å². The molecule has 1 aliphatic carbocycles. The van der Waals surface area contributed by atoms with Crippen LogP contribution in [0.25, 0.3) is 22.5 Å². The van der Waals surface area contributed by atoms with E-state index in [1.165, 1.54) is 17.1 Å². The van der Waals surface area contributed by atoms with E-state index in [-0.39, 0.29) is 29.0 Å². The minimum Gasteiger partial charge on any atom is -0.289 e. The number of hydrogen-bond acceptors (Lipinski definition) is 6. The fourth-order valence-corrected chi connectivity index (χ4v) is 6.77. The highest BCUT2D eigenvalue weighted by Crippen LogP contribution is 2.41. The lowest BCUT2D eigenvalue weighted by molar-refractivity contribution is -0.341. The topological polar surface area (TPSA) is 99.0 Å². The molecule has 12 heteroatoms. The molecule has 222 valence electrons. The fourth-order valence-electron chi connectivity index (χ4n) is 5.57. The maximum Gasteiger partial charge on any atom is 0.522 e. The smallest absolute Gasteiger partial charge is 0.289 e. The second-order valence-corrected chi connectivity index (χ2v) is 12.5. The summed E-state index contributed by atoms with van der Waals surface area (Å²) in [6.07, 6.45) is -1.56. The first kappa shape index (κ1) is 29.7. The summed E-state index contributed by atoms with van der Waals surface area (Å²) in [5.74, 6) is 0.102. The standard InChI is InChI=1S/C30H32F3N5O3S/c1-18(2)24-10-5-6-11-25(24)29-28(34-16-27(35-29)37-42(39,40)26-17-38(4)36-19(26)3)22-9-7-8-20(14-22)21-12-13-23(15-21)41-30(31,32)33/h5-11,14,16-18,21,23H,12-13,15H2,1-4H3,(H,35,37)/t21-,23-/m1/s1. The molecule has 0 spiro atoms. The molecule has 2 aromatic heterocycles. The van der Waals surface area contributed by atoms with Gasteiger partial charge < -0.3 is 0 Å². The molecule has 5 rings (SSSR count). The number of halogens is 3. The van der Waals surface area contributed by atoms with Crippen LogP contribution in [-0.2, 0) is 21.8 Å². The zero-order chi connectivity index (χ0) is 30.2. The third kappa shape index (κ3) is 6.49. The first-order valence-corrected chi connectivity index (χ1v) is 15.1. The van der Waals surface area contributed by atoms with Crippen LogP contribution in [-0.4, -0.2) is 40.6 Å². The number of nitrogens with zero attached hydrogens (tertiary/aromatic N) is 4. The predicted octanol–water partition coefficient (Wildman–Crippen LogP) is 6.95. The van der Waals surface area contributed by atoms with Crippen LogP contribution in [0.4, 0.5) is 19.0 Å². The number of sulfonamides is 1. The first-order valence-electron chi connectivity index (χ1n) is 13.6. The van der Waals surface area contributed by atoms with Crippen LogP contribution in [0.5, 0.6) is 0 Å². The van der Waals surface area contributed by atoms with Gasteiger partial charge in [-0.3, -0.25) is 19.1 Å². The van der Waals surface area contributed by atoms with Crippen molar-refractivity contribution in [2.45, 2.75) is 69.2 Å². The maximum atomic E-state index is 13.2. The maximum absolute atomic E-state index is 13.2. The van der Waals surface area contributed by atoms with Gasteiger partial charge in [0.05, 0.1) is 29.4 Å². The predicted molar refractivity (Wildman–Crippen MR) is 153 cm³/mol. The normalized spacial score (nSPS) is 17.6. The monoisotopic (exact) mass is 599 g/mol. The van der Waals surface area contributed by atoms with Gasteiger partial charge in [0.15, 0.2) is 5.82 Å². The van der Waals surface area contributed by atoms with Crippen LogP contribution in [0, 0.1) is 6.92 Å². The number of ether oxygens (including phenoxy) is 1. The Hall–Kier alpha value is -3.77. The van der Waals surface area contributed by atoms with Gasteiger partial charge in [-0.1, -0.05) is 56.3 Å². The molecule has 0 amide bonds. The van der Waals surface area contributed by atoms with Crippen molar-refractivity contribution in [2.75, 3.05) is 4.72 Å². The number of aryl methyl sites for hydroxylation is 2. The lowest BCUT2D eigenvalue weighted by Crippen LogP contribution is -2.21. The number of aromatic nitrogens is 4. The van der Waals surface area contributed by atoms with E-state index < -0.39 is 22.5 Å². The average Bonchev–Trinajstić information content (AvgIpc) is 3.53. The molecule has 4 aromatic rings. The van der Waals surface area contributed by atoms with Gasteiger partial charge in [-0.25, -0.2) is 13.4 Å². The highest BCUT2D eigenvalue weighted by molar-refractivity contribution is 7.92. The molecule has 1 aliphatic rings. The Balaban J connectivity index is 1.55. The summed E-state index contributed by atoms with van der Waals surface area (Å²) in [6, 6.07) is 15.3. The number of nitrogens with one attached hydrogen (secondary N) is 1. The molecule has 0 radical (unpaired) electrons. The SMILES string of the molecule is Cc1nn(C)cc1S(=O)(=O)Nc1cnc(-c2cccc([C@@H]3CC[C@@H](OC(F)(F)F)C3)c2)c(-c2ccccc2C(C)C)n1. The summed E-state index contributed by atoms with van der Waals surface area (Å²) in [5.41, 5.74) is 4.81. The molecule has 0 bridgehead atoms. The molecule has 8 nitrogen and oxygen atoms in total. The summed E-state index contributed by atoms with van der Waals surface area (Å²) in [7, 11) is -2.35. The molecule has 0 unspecified atom stereocenters. The van der Waals surface area contributed by atoms with Crippen LogP contribution in [0.15, 0.2) is 65.8 Å². The first-order chi connectivity index (χ1) is 19.8. The number of benzene rings is 2. The zero-order valence-electron chi connectivity index (χ0n) is 23.7. The molecule has 42 heavy (non-hydrogen) atoms. The van der Waals surface area contributed by atoms with Gasteiger partial charge in [0, 0.05) is 24.4 Å².